The van der Waals surface area contributed by atoms with Crippen LogP contribution in [0.5, 0.6) is 5.75 Å². The molecule has 1 unspecified atom stereocenters. The van der Waals surface area contributed by atoms with Crippen molar-refractivity contribution in [2.45, 2.75) is 25.7 Å². The Morgan fingerprint density at radius 1 is 1.39 bits per heavy atom. The molecule has 0 saturated carbocycles. The lowest BCUT2D eigenvalue weighted by molar-refractivity contribution is 0.0948. The molecular formula is C17H23N3O2S. The maximum Gasteiger partial charge on any atom is 0.270 e. The Kier molecular flexibility index (Phi) is 6.55. The molecule has 1 amide bonds. The number of rotatable bonds is 8. The number of hydrogen-bond acceptors (Lipinski definition) is 5. The predicted octanol–water partition coefficient (Wildman–Crippen LogP) is 2.58. The van der Waals surface area contributed by atoms with Gasteiger partial charge < -0.3 is 15.8 Å². The molecule has 0 aliphatic heterocycles. The number of carbonyl (C=O) groups excluding carboxylic acids is 1. The Morgan fingerprint density at radius 3 is 2.78 bits per heavy atom. The number of thiazole rings is 1. The van der Waals surface area contributed by atoms with Gasteiger partial charge in [-0.15, -0.1) is 11.3 Å². The van der Waals surface area contributed by atoms with Crippen LogP contribution in [0, 0.1) is 0 Å². The summed E-state index contributed by atoms with van der Waals surface area (Å²) in [5.41, 5.74) is 7.21. The molecule has 0 aliphatic rings. The van der Waals surface area contributed by atoms with Crippen LogP contribution in [-0.4, -0.2) is 31.1 Å². The number of methoxy groups -OCH3 is 1. The lowest BCUT2D eigenvalue weighted by Gasteiger charge is -2.12. The predicted molar refractivity (Wildman–Crippen MR) is 93.2 cm³/mol. The number of hydrogen-bond donors (Lipinski definition) is 2. The molecule has 0 aliphatic carbocycles. The molecule has 0 spiro atoms. The van der Waals surface area contributed by atoms with Gasteiger partial charge in [0, 0.05) is 18.3 Å². The number of benzene rings is 1. The maximum atomic E-state index is 12.0. The number of nitrogens with zero attached hydrogens (tertiary/aromatic N) is 1. The molecule has 0 bridgehead atoms. The fourth-order valence-corrected chi connectivity index (χ4v) is 3.04. The number of aromatic nitrogens is 1. The largest absolute Gasteiger partial charge is 0.497 e. The summed E-state index contributed by atoms with van der Waals surface area (Å²) in [4.78, 5) is 16.3. The second-order valence-corrected chi connectivity index (χ2v) is 6.33. The molecule has 3 N–H and O–H groups in total. The molecule has 1 aromatic heterocycles. The summed E-state index contributed by atoms with van der Waals surface area (Å²) < 4.78 is 5.16. The van der Waals surface area contributed by atoms with Gasteiger partial charge in [-0.25, -0.2) is 4.98 Å². The smallest absolute Gasteiger partial charge is 0.270 e. The van der Waals surface area contributed by atoms with E-state index in [9.17, 15) is 4.79 Å². The number of nitrogens with two attached hydrogens (primary N) is 1. The van der Waals surface area contributed by atoms with E-state index in [4.69, 9.17) is 10.5 Å². The molecule has 6 heteroatoms. The van der Waals surface area contributed by atoms with Crippen molar-refractivity contribution in [3.63, 3.8) is 0 Å². The monoisotopic (exact) mass is 333 g/mol. The highest BCUT2D eigenvalue weighted by atomic mass is 32.1. The second kappa shape index (κ2) is 8.64. The number of carbonyl (C=O) groups is 1. The third kappa shape index (κ3) is 5.04. The second-order valence-electron chi connectivity index (χ2n) is 5.38. The summed E-state index contributed by atoms with van der Waals surface area (Å²) in [5.74, 6) is 1.10. The van der Waals surface area contributed by atoms with E-state index in [1.54, 1.807) is 12.5 Å². The van der Waals surface area contributed by atoms with Crippen molar-refractivity contribution in [1.29, 1.82) is 0 Å². The first kappa shape index (κ1) is 17.4. The van der Waals surface area contributed by atoms with E-state index < -0.39 is 0 Å². The molecule has 2 rings (SSSR count). The SMILES string of the molecule is COc1ccc(C(C)CCNC(=O)c2csc(CCN)n2)cc1. The lowest BCUT2D eigenvalue weighted by Crippen LogP contribution is -2.25. The molecule has 2 aromatic rings. The molecule has 124 valence electrons. The van der Waals surface area contributed by atoms with E-state index in [-0.39, 0.29) is 5.91 Å². The average Bonchev–Trinajstić information content (AvgIpc) is 3.04. The quantitative estimate of drug-likeness (QED) is 0.778. The normalized spacial score (nSPS) is 12.0. The first-order valence-corrected chi connectivity index (χ1v) is 8.58. The van der Waals surface area contributed by atoms with Gasteiger partial charge in [0.25, 0.3) is 5.91 Å². The van der Waals surface area contributed by atoms with Crippen LogP contribution in [0.15, 0.2) is 29.6 Å². The molecule has 23 heavy (non-hydrogen) atoms. The Hall–Kier alpha value is -1.92. The highest BCUT2D eigenvalue weighted by Crippen LogP contribution is 2.21. The number of nitrogens with one attached hydrogen (secondary N) is 1. The van der Waals surface area contributed by atoms with Gasteiger partial charge in [-0.1, -0.05) is 19.1 Å². The van der Waals surface area contributed by atoms with Crippen LogP contribution in [-0.2, 0) is 6.42 Å². The number of ether oxygens (including phenoxy) is 1. The van der Waals surface area contributed by atoms with Crippen LogP contribution < -0.4 is 15.8 Å². The van der Waals surface area contributed by atoms with Crippen molar-refractivity contribution in [3.8, 4) is 5.75 Å². The van der Waals surface area contributed by atoms with Gasteiger partial charge >= 0.3 is 0 Å². The highest BCUT2D eigenvalue weighted by Gasteiger charge is 2.11. The van der Waals surface area contributed by atoms with Crippen molar-refractivity contribution in [2.24, 2.45) is 5.73 Å². The third-order valence-electron chi connectivity index (χ3n) is 3.69. The molecule has 0 saturated heterocycles. The Bertz CT molecular complexity index is 625. The molecule has 1 atom stereocenters. The van der Waals surface area contributed by atoms with Gasteiger partial charge in [0.2, 0.25) is 0 Å². The highest BCUT2D eigenvalue weighted by molar-refractivity contribution is 7.09. The zero-order valence-electron chi connectivity index (χ0n) is 13.5. The van der Waals surface area contributed by atoms with Crippen LogP contribution in [0.3, 0.4) is 0 Å². The summed E-state index contributed by atoms with van der Waals surface area (Å²) in [5, 5.41) is 5.62. The molecule has 0 radical (unpaired) electrons. The molecule has 1 aromatic carbocycles. The zero-order valence-corrected chi connectivity index (χ0v) is 14.4. The minimum Gasteiger partial charge on any atom is -0.497 e. The zero-order chi connectivity index (χ0) is 16.7. The van der Waals surface area contributed by atoms with E-state index >= 15 is 0 Å². The van der Waals surface area contributed by atoms with Crippen LogP contribution >= 0.6 is 11.3 Å². The fourth-order valence-electron chi connectivity index (χ4n) is 2.25. The van der Waals surface area contributed by atoms with E-state index in [2.05, 4.69) is 29.4 Å². The van der Waals surface area contributed by atoms with Gasteiger partial charge in [-0.3, -0.25) is 4.79 Å². The average molecular weight is 333 g/mol. The number of amides is 1. The van der Waals surface area contributed by atoms with Crippen LogP contribution in [0.4, 0.5) is 0 Å². The van der Waals surface area contributed by atoms with Crippen LogP contribution in [0.1, 0.15) is 40.3 Å². The van der Waals surface area contributed by atoms with Crippen LogP contribution in [0.2, 0.25) is 0 Å². The molecule has 0 fully saturated rings. The Balaban J connectivity index is 1.79. The molecule has 5 nitrogen and oxygen atoms in total. The Labute approximate surface area is 140 Å². The van der Waals surface area contributed by atoms with Crippen molar-refractivity contribution in [2.75, 3.05) is 20.2 Å². The van der Waals surface area contributed by atoms with E-state index in [0.717, 1.165) is 17.2 Å². The van der Waals surface area contributed by atoms with E-state index in [1.807, 2.05) is 12.1 Å². The fraction of sp³-hybridized carbons (Fsp3) is 0.412. The summed E-state index contributed by atoms with van der Waals surface area (Å²) in [6, 6.07) is 8.03. The van der Waals surface area contributed by atoms with Crippen molar-refractivity contribution in [3.05, 3.63) is 45.9 Å². The minimum atomic E-state index is -0.119. The summed E-state index contributed by atoms with van der Waals surface area (Å²) >= 11 is 1.48. The minimum absolute atomic E-state index is 0.119. The van der Waals surface area contributed by atoms with Crippen molar-refractivity contribution >= 4 is 17.2 Å². The topological polar surface area (TPSA) is 77.2 Å². The summed E-state index contributed by atoms with van der Waals surface area (Å²) in [6.07, 6.45) is 1.59. The molecule has 1 heterocycles. The van der Waals surface area contributed by atoms with Gasteiger partial charge in [0.1, 0.15) is 11.4 Å². The standard InChI is InChI=1S/C17H23N3O2S/c1-12(13-3-5-14(22-2)6-4-13)8-10-19-17(21)15-11-23-16(20-15)7-9-18/h3-6,11-12H,7-10,18H2,1-2H3,(H,19,21). The van der Waals surface area contributed by atoms with E-state index in [1.165, 1.54) is 16.9 Å². The van der Waals surface area contributed by atoms with Crippen LogP contribution in [0.25, 0.3) is 0 Å². The lowest BCUT2D eigenvalue weighted by atomic mass is 9.98. The molecular weight excluding hydrogens is 310 g/mol. The third-order valence-corrected chi connectivity index (χ3v) is 4.60. The van der Waals surface area contributed by atoms with Crippen molar-refractivity contribution in [1.82, 2.24) is 10.3 Å². The first-order chi connectivity index (χ1) is 11.1. The van der Waals surface area contributed by atoms with Gasteiger partial charge in [-0.2, -0.15) is 0 Å². The first-order valence-electron chi connectivity index (χ1n) is 7.70. The van der Waals surface area contributed by atoms with Crippen molar-refractivity contribution < 1.29 is 9.53 Å². The maximum absolute atomic E-state index is 12.0. The van der Waals surface area contributed by atoms with Gasteiger partial charge in [0.05, 0.1) is 12.1 Å². The van der Waals surface area contributed by atoms with Gasteiger partial charge in [-0.05, 0) is 36.6 Å². The van der Waals surface area contributed by atoms with E-state index in [0.29, 0.717) is 31.1 Å². The Morgan fingerprint density at radius 2 is 2.13 bits per heavy atom. The van der Waals surface area contributed by atoms with Gasteiger partial charge in [0.15, 0.2) is 0 Å². The summed E-state index contributed by atoms with van der Waals surface area (Å²) in [7, 11) is 1.66. The summed E-state index contributed by atoms with van der Waals surface area (Å²) in [6.45, 7) is 3.32.